The highest BCUT2D eigenvalue weighted by Crippen LogP contribution is 2.29. The van der Waals surface area contributed by atoms with Gasteiger partial charge in [-0.3, -0.25) is 4.90 Å². The van der Waals surface area contributed by atoms with Crippen LogP contribution in [0.3, 0.4) is 0 Å². The van der Waals surface area contributed by atoms with Crippen molar-refractivity contribution in [3.63, 3.8) is 0 Å². The van der Waals surface area contributed by atoms with Crippen LogP contribution in [0, 0.1) is 11.8 Å². The molecule has 3 aliphatic rings. The molecular weight excluding hydrogens is 496 g/mol. The fourth-order valence-electron chi connectivity index (χ4n) is 5.78. The Labute approximate surface area is 232 Å². The fraction of sp³-hybridized carbons (Fsp3) is 0.607. The number of thiocarbonyl (C=S) groups is 1. The van der Waals surface area contributed by atoms with Crippen LogP contribution in [0.1, 0.15) is 20.3 Å². The summed E-state index contributed by atoms with van der Waals surface area (Å²) in [6.07, 6.45) is 1.26. The van der Waals surface area contributed by atoms with E-state index >= 15 is 0 Å². The maximum Gasteiger partial charge on any atom is 0.232 e. The third-order valence-corrected chi connectivity index (χ3v) is 7.91. The second kappa shape index (κ2) is 12.9. The van der Waals surface area contributed by atoms with Crippen molar-refractivity contribution >= 4 is 40.6 Å². The summed E-state index contributed by atoms with van der Waals surface area (Å²) in [6, 6.07) is 12.8. The number of aromatic nitrogens is 2. The molecule has 1 aromatic heterocycles. The molecule has 0 radical (unpaired) electrons. The Morgan fingerprint density at radius 3 is 2.21 bits per heavy atom. The topological polar surface area (TPSA) is 72.0 Å². The lowest BCUT2D eigenvalue weighted by molar-refractivity contribution is 0.0389. The summed E-state index contributed by atoms with van der Waals surface area (Å²) in [5, 5.41) is 7.19. The number of piperazine rings is 1. The number of ether oxygens (including phenoxy) is 1. The molecule has 0 bridgehead atoms. The molecule has 3 saturated heterocycles. The summed E-state index contributed by atoms with van der Waals surface area (Å²) >= 11 is 5.63. The average Bonchev–Trinajstić information content (AvgIpc) is 2.93. The largest absolute Gasteiger partial charge is 0.379 e. The molecule has 206 valence electrons. The van der Waals surface area contributed by atoms with Crippen LogP contribution in [0.2, 0.25) is 0 Å². The van der Waals surface area contributed by atoms with Crippen molar-refractivity contribution in [1.82, 2.24) is 20.2 Å². The van der Waals surface area contributed by atoms with E-state index in [1.165, 1.54) is 12.1 Å². The van der Waals surface area contributed by atoms with E-state index in [-0.39, 0.29) is 0 Å². The SMILES string of the molecule is C[C@@H]1C[C@@H](C)CN(c2cc(N3CCN(c4ccccc4)CC3)nc(NC(=S)NCCN3CCOCC3)n2)C1. The van der Waals surface area contributed by atoms with Gasteiger partial charge in [0.25, 0.3) is 0 Å². The first-order valence-electron chi connectivity index (χ1n) is 14.1. The summed E-state index contributed by atoms with van der Waals surface area (Å²) in [6.45, 7) is 15.7. The number of benzene rings is 1. The standard InChI is InChI=1S/C28H42N8OS/c1-22-18-23(2)21-36(20-22)26-19-25(35-12-10-34(11-13-35)24-6-4-3-5-7-24)30-27(31-26)32-28(38)29-8-9-33-14-16-37-17-15-33/h3-7,19,22-23H,8-18,20-21H2,1-2H3,(H2,29,30,31,32,38)/t22-,23-/m1/s1. The molecule has 3 aliphatic heterocycles. The summed E-state index contributed by atoms with van der Waals surface area (Å²) in [4.78, 5) is 19.5. The van der Waals surface area contributed by atoms with E-state index in [9.17, 15) is 0 Å². The van der Waals surface area contributed by atoms with Gasteiger partial charge in [-0.2, -0.15) is 9.97 Å². The Morgan fingerprint density at radius 2 is 1.53 bits per heavy atom. The predicted molar refractivity (Wildman–Crippen MR) is 160 cm³/mol. The molecule has 38 heavy (non-hydrogen) atoms. The van der Waals surface area contributed by atoms with E-state index in [1.807, 2.05) is 0 Å². The van der Waals surface area contributed by atoms with Crippen molar-refractivity contribution in [2.75, 3.05) is 98.7 Å². The van der Waals surface area contributed by atoms with E-state index in [4.69, 9.17) is 26.9 Å². The van der Waals surface area contributed by atoms with Crippen LogP contribution in [0.15, 0.2) is 36.4 Å². The number of nitrogens with one attached hydrogen (secondary N) is 2. The van der Waals surface area contributed by atoms with Gasteiger partial charge >= 0.3 is 0 Å². The monoisotopic (exact) mass is 538 g/mol. The van der Waals surface area contributed by atoms with Crippen LogP contribution in [-0.4, -0.2) is 98.6 Å². The van der Waals surface area contributed by atoms with Crippen molar-refractivity contribution in [3.05, 3.63) is 36.4 Å². The van der Waals surface area contributed by atoms with Gasteiger partial charge in [0.2, 0.25) is 5.95 Å². The van der Waals surface area contributed by atoms with Crippen molar-refractivity contribution in [1.29, 1.82) is 0 Å². The molecule has 10 heteroatoms. The van der Waals surface area contributed by atoms with Crippen LogP contribution in [-0.2, 0) is 4.74 Å². The van der Waals surface area contributed by atoms with Gasteiger partial charge in [-0.05, 0) is 42.6 Å². The molecule has 3 fully saturated rings. The molecule has 2 atom stereocenters. The predicted octanol–water partition coefficient (Wildman–Crippen LogP) is 2.90. The van der Waals surface area contributed by atoms with Crippen LogP contribution in [0.4, 0.5) is 23.3 Å². The number of piperidine rings is 1. The zero-order valence-corrected chi connectivity index (χ0v) is 23.6. The number of hydrogen-bond donors (Lipinski definition) is 2. The molecule has 0 amide bonds. The Balaban J connectivity index is 1.26. The molecule has 0 unspecified atom stereocenters. The number of anilines is 4. The second-order valence-corrected chi connectivity index (χ2v) is 11.3. The lowest BCUT2D eigenvalue weighted by atomic mass is 9.92. The highest BCUT2D eigenvalue weighted by atomic mass is 32.1. The molecule has 2 N–H and O–H groups in total. The van der Waals surface area contributed by atoms with E-state index in [0.29, 0.717) is 22.9 Å². The zero-order chi connectivity index (χ0) is 26.3. The summed E-state index contributed by atoms with van der Waals surface area (Å²) < 4.78 is 5.44. The Kier molecular flexibility index (Phi) is 9.14. The van der Waals surface area contributed by atoms with Gasteiger partial charge in [0.05, 0.1) is 13.2 Å². The molecule has 0 aliphatic carbocycles. The maximum absolute atomic E-state index is 5.63. The minimum absolute atomic E-state index is 0.565. The molecule has 1 aromatic carbocycles. The Bertz CT molecular complexity index is 1030. The minimum atomic E-state index is 0.565. The number of hydrogen-bond acceptors (Lipinski definition) is 8. The first-order valence-corrected chi connectivity index (χ1v) is 14.5. The van der Waals surface area contributed by atoms with E-state index < -0.39 is 0 Å². The second-order valence-electron chi connectivity index (χ2n) is 10.9. The fourth-order valence-corrected chi connectivity index (χ4v) is 5.98. The first kappa shape index (κ1) is 26.9. The highest BCUT2D eigenvalue weighted by molar-refractivity contribution is 7.80. The van der Waals surface area contributed by atoms with Crippen LogP contribution < -0.4 is 25.3 Å². The van der Waals surface area contributed by atoms with Crippen molar-refractivity contribution in [2.45, 2.75) is 20.3 Å². The van der Waals surface area contributed by atoms with Crippen molar-refractivity contribution < 1.29 is 4.74 Å². The summed E-state index contributed by atoms with van der Waals surface area (Å²) in [7, 11) is 0. The minimum Gasteiger partial charge on any atom is -0.379 e. The van der Waals surface area contributed by atoms with Gasteiger partial charge in [0.1, 0.15) is 11.6 Å². The number of nitrogens with zero attached hydrogens (tertiary/aromatic N) is 6. The van der Waals surface area contributed by atoms with Gasteiger partial charge in [0, 0.05) is 77.2 Å². The normalized spacial score (nSPS) is 22.8. The van der Waals surface area contributed by atoms with Crippen LogP contribution in [0.5, 0.6) is 0 Å². The first-order chi connectivity index (χ1) is 18.5. The lowest BCUT2D eigenvalue weighted by Crippen LogP contribution is -2.47. The Morgan fingerprint density at radius 1 is 0.895 bits per heavy atom. The van der Waals surface area contributed by atoms with E-state index in [2.05, 4.69) is 80.5 Å². The van der Waals surface area contributed by atoms with Crippen LogP contribution in [0.25, 0.3) is 0 Å². The number of para-hydroxylation sites is 1. The molecule has 4 heterocycles. The third kappa shape index (κ3) is 7.24. The molecule has 0 saturated carbocycles. The maximum atomic E-state index is 5.63. The molecule has 5 rings (SSSR count). The van der Waals surface area contributed by atoms with Gasteiger partial charge in [-0.25, -0.2) is 0 Å². The van der Waals surface area contributed by atoms with Crippen LogP contribution >= 0.6 is 12.2 Å². The lowest BCUT2D eigenvalue weighted by Gasteiger charge is -2.38. The van der Waals surface area contributed by atoms with Gasteiger partial charge < -0.3 is 30.1 Å². The average molecular weight is 539 g/mol. The number of rotatable bonds is 7. The smallest absolute Gasteiger partial charge is 0.232 e. The molecule has 9 nitrogen and oxygen atoms in total. The van der Waals surface area contributed by atoms with E-state index in [0.717, 1.165) is 90.3 Å². The molecule has 0 spiro atoms. The third-order valence-electron chi connectivity index (χ3n) is 7.66. The van der Waals surface area contributed by atoms with Crippen molar-refractivity contribution in [2.24, 2.45) is 11.8 Å². The van der Waals surface area contributed by atoms with Crippen molar-refractivity contribution in [3.8, 4) is 0 Å². The summed E-state index contributed by atoms with van der Waals surface area (Å²) in [5.74, 6) is 3.80. The quantitative estimate of drug-likeness (QED) is 0.514. The highest BCUT2D eigenvalue weighted by Gasteiger charge is 2.26. The molecule has 2 aromatic rings. The van der Waals surface area contributed by atoms with E-state index in [1.54, 1.807) is 0 Å². The number of morpholine rings is 1. The Hall–Kier alpha value is -2.69. The zero-order valence-electron chi connectivity index (χ0n) is 22.8. The van der Waals surface area contributed by atoms with Gasteiger partial charge in [0.15, 0.2) is 5.11 Å². The van der Waals surface area contributed by atoms with Gasteiger partial charge in [-0.15, -0.1) is 0 Å². The molecular formula is C28H42N8OS. The van der Waals surface area contributed by atoms with Gasteiger partial charge in [-0.1, -0.05) is 32.0 Å². The summed E-state index contributed by atoms with van der Waals surface area (Å²) in [5.41, 5.74) is 1.28.